The molecule has 0 aromatic carbocycles. The molecule has 0 nitrogen and oxygen atoms in total. The SMILES string of the molecule is C1CC2CCC3CCC4C5CC4C3C2C5C1. The first-order valence-electron chi connectivity index (χ1n) is 7.93. The van der Waals surface area contributed by atoms with Gasteiger partial charge in [-0.2, -0.15) is 0 Å². The third-order valence-electron chi connectivity index (χ3n) is 7.61. The zero-order valence-corrected chi connectivity index (χ0v) is 10.3. The number of hydrogen-bond donors (Lipinski definition) is 0. The molecule has 0 radical (unpaired) electrons. The van der Waals surface area contributed by atoms with Crippen LogP contribution in [0.15, 0.2) is 0 Å². The summed E-state index contributed by atoms with van der Waals surface area (Å²) in [6.07, 6.45) is 13.0. The summed E-state index contributed by atoms with van der Waals surface area (Å²) in [6.45, 7) is 0. The van der Waals surface area contributed by atoms with E-state index < -0.39 is 0 Å². The maximum atomic E-state index is 1.67. The molecule has 5 fully saturated rings. The predicted octanol–water partition coefficient (Wildman–Crippen LogP) is 4.10. The Labute approximate surface area is 99.2 Å². The minimum absolute atomic E-state index is 1.18. The molecule has 0 amide bonds. The maximum Gasteiger partial charge on any atom is -0.0321 e. The third kappa shape index (κ3) is 0.875. The van der Waals surface area contributed by atoms with Crippen molar-refractivity contribution in [1.82, 2.24) is 0 Å². The van der Waals surface area contributed by atoms with E-state index in [0.717, 1.165) is 0 Å². The fraction of sp³-hybridized carbons (Fsp3) is 1.00. The van der Waals surface area contributed by atoms with E-state index in [2.05, 4.69) is 0 Å². The first kappa shape index (κ1) is 9.00. The highest BCUT2D eigenvalue weighted by molar-refractivity contribution is 5.12. The van der Waals surface area contributed by atoms with E-state index in [1.807, 2.05) is 0 Å². The lowest BCUT2D eigenvalue weighted by atomic mass is 9.35. The van der Waals surface area contributed by atoms with Crippen molar-refractivity contribution in [3.05, 3.63) is 0 Å². The molecule has 4 bridgehead atoms. The van der Waals surface area contributed by atoms with Gasteiger partial charge in [0.1, 0.15) is 0 Å². The summed E-state index contributed by atoms with van der Waals surface area (Å²) in [5, 5.41) is 0. The summed E-state index contributed by atoms with van der Waals surface area (Å²) in [6, 6.07) is 0. The molecule has 8 unspecified atom stereocenters. The van der Waals surface area contributed by atoms with Crippen LogP contribution in [0.3, 0.4) is 0 Å². The summed E-state index contributed by atoms with van der Waals surface area (Å²) in [5.41, 5.74) is 0. The summed E-state index contributed by atoms with van der Waals surface area (Å²) in [7, 11) is 0. The third-order valence-corrected chi connectivity index (χ3v) is 7.61. The van der Waals surface area contributed by atoms with Crippen molar-refractivity contribution >= 4 is 0 Å². The van der Waals surface area contributed by atoms with Crippen LogP contribution in [0.5, 0.6) is 0 Å². The minimum Gasteiger partial charge on any atom is -0.0527 e. The molecule has 5 aliphatic rings. The maximum absolute atomic E-state index is 1.67. The van der Waals surface area contributed by atoms with Gasteiger partial charge in [0, 0.05) is 0 Å². The summed E-state index contributed by atoms with van der Waals surface area (Å²) >= 11 is 0. The Balaban J connectivity index is 1.61. The lowest BCUT2D eigenvalue weighted by molar-refractivity contribution is -0.211. The van der Waals surface area contributed by atoms with E-state index in [0.29, 0.717) is 0 Å². The van der Waals surface area contributed by atoms with Gasteiger partial charge >= 0.3 is 0 Å². The van der Waals surface area contributed by atoms with E-state index in [-0.39, 0.29) is 0 Å². The average Bonchev–Trinajstić information content (AvgIpc) is 2.30. The first-order valence-corrected chi connectivity index (χ1v) is 7.93. The van der Waals surface area contributed by atoms with Crippen molar-refractivity contribution in [2.24, 2.45) is 47.3 Å². The predicted molar refractivity (Wildman–Crippen MR) is 64.9 cm³/mol. The topological polar surface area (TPSA) is 0 Å². The quantitative estimate of drug-likeness (QED) is 0.572. The van der Waals surface area contributed by atoms with Crippen LogP contribution in [0.1, 0.15) is 51.4 Å². The van der Waals surface area contributed by atoms with Gasteiger partial charge in [0.05, 0.1) is 0 Å². The molecule has 0 aromatic heterocycles. The molecule has 0 aliphatic heterocycles. The van der Waals surface area contributed by atoms with E-state index in [4.69, 9.17) is 0 Å². The Bertz CT molecular complexity index is 304. The largest absolute Gasteiger partial charge is 0.0527 e. The second kappa shape index (κ2) is 2.87. The highest BCUT2D eigenvalue weighted by atomic mass is 14.7. The van der Waals surface area contributed by atoms with Crippen LogP contribution in [0, 0.1) is 47.3 Å². The van der Waals surface area contributed by atoms with Crippen molar-refractivity contribution in [2.45, 2.75) is 51.4 Å². The van der Waals surface area contributed by atoms with Crippen LogP contribution < -0.4 is 0 Å². The van der Waals surface area contributed by atoms with Gasteiger partial charge in [-0.05, 0) is 85.9 Å². The zero-order valence-electron chi connectivity index (χ0n) is 10.3. The average molecular weight is 216 g/mol. The van der Waals surface area contributed by atoms with Gasteiger partial charge in [0.15, 0.2) is 0 Å². The zero-order chi connectivity index (χ0) is 10.3. The molecule has 0 aromatic rings. The Morgan fingerprint density at radius 3 is 2.19 bits per heavy atom. The van der Waals surface area contributed by atoms with E-state index >= 15 is 0 Å². The fourth-order valence-corrected chi connectivity index (χ4v) is 7.25. The van der Waals surface area contributed by atoms with Gasteiger partial charge in [-0.25, -0.2) is 0 Å². The molecule has 5 saturated carbocycles. The van der Waals surface area contributed by atoms with Crippen LogP contribution in [-0.4, -0.2) is 0 Å². The molecule has 8 atom stereocenters. The lowest BCUT2D eigenvalue weighted by Crippen LogP contribution is -2.63. The summed E-state index contributed by atoms with van der Waals surface area (Å²) < 4.78 is 0. The van der Waals surface area contributed by atoms with E-state index in [1.165, 1.54) is 47.3 Å². The van der Waals surface area contributed by atoms with Crippen LogP contribution >= 0.6 is 0 Å². The normalized spacial score (nSPS) is 66.0. The number of rotatable bonds is 0. The van der Waals surface area contributed by atoms with E-state index in [1.54, 1.807) is 51.4 Å². The highest BCUT2D eigenvalue weighted by Crippen LogP contribution is 2.70. The van der Waals surface area contributed by atoms with Crippen LogP contribution in [0.2, 0.25) is 0 Å². The minimum atomic E-state index is 1.18. The molecule has 5 aliphatic carbocycles. The molecule has 5 rings (SSSR count). The number of fused-ring (bicyclic) bond motifs is 1. The standard InChI is InChI=1S/C16H24/c1-2-9-4-5-10-6-7-11-13-8-14(11)16(10)15(9)12(13)3-1/h9-16H,1-8H2. The molecule has 0 N–H and O–H groups in total. The molecule has 88 valence electrons. The Kier molecular flexibility index (Phi) is 1.61. The van der Waals surface area contributed by atoms with Crippen molar-refractivity contribution in [3.8, 4) is 0 Å². The molecule has 0 saturated heterocycles. The Morgan fingerprint density at radius 1 is 0.500 bits per heavy atom. The van der Waals surface area contributed by atoms with Gasteiger partial charge in [-0.15, -0.1) is 0 Å². The fourth-order valence-electron chi connectivity index (χ4n) is 7.25. The second-order valence-electron chi connectivity index (χ2n) is 7.65. The molecular weight excluding hydrogens is 192 g/mol. The van der Waals surface area contributed by atoms with Crippen LogP contribution in [0.4, 0.5) is 0 Å². The molecule has 16 heavy (non-hydrogen) atoms. The van der Waals surface area contributed by atoms with Crippen molar-refractivity contribution in [2.75, 3.05) is 0 Å². The van der Waals surface area contributed by atoms with Gasteiger partial charge in [0.2, 0.25) is 0 Å². The molecule has 0 heteroatoms. The number of hydrogen-bond acceptors (Lipinski definition) is 0. The van der Waals surface area contributed by atoms with E-state index in [9.17, 15) is 0 Å². The van der Waals surface area contributed by atoms with Gasteiger partial charge in [-0.1, -0.05) is 12.8 Å². The summed E-state index contributed by atoms with van der Waals surface area (Å²) in [4.78, 5) is 0. The Morgan fingerprint density at radius 2 is 1.25 bits per heavy atom. The van der Waals surface area contributed by atoms with Gasteiger partial charge in [-0.3, -0.25) is 0 Å². The second-order valence-corrected chi connectivity index (χ2v) is 7.65. The smallest absolute Gasteiger partial charge is 0.0321 e. The van der Waals surface area contributed by atoms with Crippen molar-refractivity contribution in [3.63, 3.8) is 0 Å². The first-order chi connectivity index (χ1) is 7.93. The monoisotopic (exact) mass is 216 g/mol. The summed E-state index contributed by atoms with van der Waals surface area (Å²) in [5.74, 6) is 9.70. The van der Waals surface area contributed by atoms with Crippen LogP contribution in [0.25, 0.3) is 0 Å². The molecule has 0 heterocycles. The van der Waals surface area contributed by atoms with Crippen molar-refractivity contribution < 1.29 is 0 Å². The van der Waals surface area contributed by atoms with Gasteiger partial charge in [0.25, 0.3) is 0 Å². The lowest BCUT2D eigenvalue weighted by Gasteiger charge is -2.70. The van der Waals surface area contributed by atoms with Gasteiger partial charge < -0.3 is 0 Å². The Hall–Kier alpha value is 0. The van der Waals surface area contributed by atoms with Crippen LogP contribution in [-0.2, 0) is 0 Å². The molecule has 0 spiro atoms. The molecular formula is C16H24. The highest BCUT2D eigenvalue weighted by Gasteiger charge is 2.63. The van der Waals surface area contributed by atoms with Crippen molar-refractivity contribution in [1.29, 1.82) is 0 Å².